The summed E-state index contributed by atoms with van der Waals surface area (Å²) in [7, 11) is 1.53. The van der Waals surface area contributed by atoms with E-state index in [0.717, 1.165) is 40.1 Å². The van der Waals surface area contributed by atoms with Gasteiger partial charge in [-0.15, -0.1) is 11.3 Å². The first-order chi connectivity index (χ1) is 19.2. The lowest BCUT2D eigenvalue weighted by molar-refractivity contribution is -0.0398. The van der Waals surface area contributed by atoms with Gasteiger partial charge in [0.15, 0.2) is 5.54 Å². The van der Waals surface area contributed by atoms with Gasteiger partial charge in [-0.2, -0.15) is 5.26 Å². The van der Waals surface area contributed by atoms with Crippen molar-refractivity contribution in [1.82, 2.24) is 14.8 Å². The summed E-state index contributed by atoms with van der Waals surface area (Å²) in [6.07, 6.45) is 1.59. The average molecular weight is 561 g/mol. The lowest BCUT2D eigenvalue weighted by atomic mass is 9.92. The summed E-state index contributed by atoms with van der Waals surface area (Å²) in [6, 6.07) is 11.8. The summed E-state index contributed by atoms with van der Waals surface area (Å²) in [4.78, 5) is 30.4. The number of aliphatic hydroxyl groups is 1. The average Bonchev–Trinajstić information content (AvgIpc) is 3.68. The summed E-state index contributed by atoms with van der Waals surface area (Å²) in [6.45, 7) is 5.17. The van der Waals surface area contributed by atoms with Crippen LogP contribution in [0.3, 0.4) is 0 Å². The quantitative estimate of drug-likeness (QED) is 0.473. The van der Waals surface area contributed by atoms with Crippen LogP contribution in [0.1, 0.15) is 53.1 Å². The summed E-state index contributed by atoms with van der Waals surface area (Å²) in [5.41, 5.74) is 2.91. The number of methoxy groups -OCH3 is 1. The van der Waals surface area contributed by atoms with E-state index in [2.05, 4.69) is 16.0 Å². The number of aromatic nitrogens is 1. The first-order valence-corrected chi connectivity index (χ1v) is 14.4. The lowest BCUT2D eigenvalue weighted by Crippen LogP contribution is -2.61. The topological polar surface area (TPSA) is 117 Å². The Morgan fingerprint density at radius 1 is 1.25 bits per heavy atom. The summed E-state index contributed by atoms with van der Waals surface area (Å²) in [5.74, 6) is -0.0731. The molecule has 9 nitrogen and oxygen atoms in total. The molecular formula is C30H32N4O5S. The van der Waals surface area contributed by atoms with Crippen molar-refractivity contribution < 1.29 is 24.2 Å². The van der Waals surface area contributed by atoms with Gasteiger partial charge in [-0.25, -0.2) is 0 Å². The van der Waals surface area contributed by atoms with Gasteiger partial charge in [0.1, 0.15) is 11.4 Å². The molecule has 0 bridgehead atoms. The zero-order chi connectivity index (χ0) is 28.2. The second kappa shape index (κ2) is 9.77. The van der Waals surface area contributed by atoms with E-state index in [-0.39, 0.29) is 19.1 Å². The number of ether oxygens (including phenoxy) is 2. The second-order valence-electron chi connectivity index (χ2n) is 11.1. The molecule has 0 spiro atoms. The summed E-state index contributed by atoms with van der Waals surface area (Å²) >= 11 is 1.59. The van der Waals surface area contributed by atoms with Crippen LogP contribution in [-0.2, 0) is 17.7 Å². The van der Waals surface area contributed by atoms with Gasteiger partial charge in [0.05, 0.1) is 49.3 Å². The zero-order valence-corrected chi connectivity index (χ0v) is 23.6. The van der Waals surface area contributed by atoms with Crippen molar-refractivity contribution in [2.24, 2.45) is 0 Å². The minimum Gasteiger partial charge on any atom is -0.496 e. The van der Waals surface area contributed by atoms with E-state index in [9.17, 15) is 20.0 Å². The molecule has 2 aromatic heterocycles. The molecule has 40 heavy (non-hydrogen) atoms. The van der Waals surface area contributed by atoms with Gasteiger partial charge in [-0.05, 0) is 68.3 Å². The number of likely N-dealkylation sites (tertiary alicyclic amines) is 1. The van der Waals surface area contributed by atoms with Gasteiger partial charge < -0.3 is 29.4 Å². The lowest BCUT2D eigenvalue weighted by Gasteiger charge is -2.38. The molecule has 5 heterocycles. The SMILES string of the molecule is COc1cc2c(cc1C(=O)NC1(C#N)COC1)-c1c(-c3cccs3)cc(C(=O)N3CCC[C@]3(C)[C@@H](C)O)n1CC2. The zero-order valence-electron chi connectivity index (χ0n) is 22.8. The van der Waals surface area contributed by atoms with Crippen molar-refractivity contribution in [2.45, 2.75) is 56.8 Å². The van der Waals surface area contributed by atoms with E-state index < -0.39 is 23.1 Å². The van der Waals surface area contributed by atoms with E-state index in [0.29, 0.717) is 36.5 Å². The Kier molecular flexibility index (Phi) is 6.49. The van der Waals surface area contributed by atoms with Crippen molar-refractivity contribution in [1.29, 1.82) is 5.26 Å². The van der Waals surface area contributed by atoms with Crippen LogP contribution >= 0.6 is 11.3 Å². The summed E-state index contributed by atoms with van der Waals surface area (Å²) in [5, 5.41) is 25.0. The third-order valence-electron chi connectivity index (χ3n) is 8.72. The molecule has 2 N–H and O–H groups in total. The Morgan fingerprint density at radius 2 is 2.05 bits per heavy atom. The molecule has 3 aliphatic heterocycles. The monoisotopic (exact) mass is 560 g/mol. The van der Waals surface area contributed by atoms with Crippen molar-refractivity contribution >= 4 is 23.2 Å². The molecule has 0 aliphatic carbocycles. The molecule has 3 aliphatic rings. The number of carbonyl (C=O) groups excluding carboxylic acids is 2. The van der Waals surface area contributed by atoms with Crippen LogP contribution in [0.4, 0.5) is 0 Å². The van der Waals surface area contributed by atoms with Crippen LogP contribution in [0.25, 0.3) is 21.7 Å². The highest BCUT2D eigenvalue weighted by atomic mass is 32.1. The molecule has 2 fully saturated rings. The molecule has 10 heteroatoms. The van der Waals surface area contributed by atoms with E-state index in [1.807, 2.05) is 47.5 Å². The van der Waals surface area contributed by atoms with Crippen LogP contribution in [0.2, 0.25) is 0 Å². The highest BCUT2D eigenvalue weighted by Crippen LogP contribution is 2.44. The number of hydrogen-bond acceptors (Lipinski definition) is 7. The molecule has 6 rings (SSSR count). The predicted octanol–water partition coefficient (Wildman–Crippen LogP) is 3.85. The molecule has 0 radical (unpaired) electrons. The van der Waals surface area contributed by atoms with Gasteiger partial charge in [0, 0.05) is 29.1 Å². The number of amides is 2. The van der Waals surface area contributed by atoms with Crippen molar-refractivity contribution in [2.75, 3.05) is 26.9 Å². The molecule has 208 valence electrons. The van der Waals surface area contributed by atoms with E-state index >= 15 is 0 Å². The van der Waals surface area contributed by atoms with Gasteiger partial charge in [0.25, 0.3) is 11.8 Å². The van der Waals surface area contributed by atoms with E-state index in [1.165, 1.54) is 7.11 Å². The Hall–Kier alpha value is -3.65. The Balaban J connectivity index is 1.48. The highest BCUT2D eigenvalue weighted by Gasteiger charge is 2.45. The Labute approximate surface area is 236 Å². The number of aliphatic hydroxyl groups excluding tert-OH is 1. The molecule has 0 unspecified atom stereocenters. The predicted molar refractivity (Wildman–Crippen MR) is 150 cm³/mol. The van der Waals surface area contributed by atoms with Crippen LogP contribution in [-0.4, -0.2) is 70.4 Å². The van der Waals surface area contributed by atoms with Gasteiger partial charge >= 0.3 is 0 Å². The van der Waals surface area contributed by atoms with E-state index in [1.54, 1.807) is 18.3 Å². The summed E-state index contributed by atoms with van der Waals surface area (Å²) < 4.78 is 12.9. The largest absolute Gasteiger partial charge is 0.496 e. The first kappa shape index (κ1) is 26.6. The van der Waals surface area contributed by atoms with Crippen LogP contribution < -0.4 is 10.1 Å². The third kappa shape index (κ3) is 4.03. The minimum absolute atomic E-state index is 0.0965. The van der Waals surface area contributed by atoms with Crippen LogP contribution in [0.15, 0.2) is 35.7 Å². The maximum absolute atomic E-state index is 14.1. The van der Waals surface area contributed by atoms with E-state index in [4.69, 9.17) is 9.47 Å². The molecule has 3 aromatic rings. The number of nitrogens with zero attached hydrogens (tertiary/aromatic N) is 3. The fraction of sp³-hybridized carbons (Fsp3) is 0.433. The van der Waals surface area contributed by atoms with Crippen molar-refractivity contribution in [3.8, 4) is 33.5 Å². The molecule has 2 atom stereocenters. The number of nitrogens with one attached hydrogen (secondary N) is 1. The number of rotatable bonds is 6. The molecular weight excluding hydrogens is 528 g/mol. The number of thiophene rings is 1. The minimum atomic E-state index is -1.05. The first-order valence-electron chi connectivity index (χ1n) is 13.5. The van der Waals surface area contributed by atoms with Gasteiger partial charge in [-0.1, -0.05) is 6.07 Å². The number of benzene rings is 1. The van der Waals surface area contributed by atoms with Gasteiger partial charge in [-0.3, -0.25) is 9.59 Å². The molecule has 2 saturated heterocycles. The van der Waals surface area contributed by atoms with Crippen molar-refractivity contribution in [3.63, 3.8) is 0 Å². The molecule has 1 aromatic carbocycles. The smallest absolute Gasteiger partial charge is 0.271 e. The standard InChI is InChI=1S/C30H32N4O5S/c1-18(35)29(2)8-5-9-34(29)28(37)23-14-22(25-6-4-11-40-25)26-20-13-21(27(36)32-30(15-31)16-39-17-30)24(38-3)12-19(20)7-10-33(23)26/h4,6,11-14,18,35H,5,7-10,16-17H2,1-3H3,(H,32,36)/t18-,29-/m1/s1. The Morgan fingerprint density at radius 3 is 2.67 bits per heavy atom. The Bertz CT molecular complexity index is 1530. The van der Waals surface area contributed by atoms with Crippen LogP contribution in [0.5, 0.6) is 5.75 Å². The van der Waals surface area contributed by atoms with Crippen LogP contribution in [0, 0.1) is 11.3 Å². The maximum Gasteiger partial charge on any atom is 0.271 e. The third-order valence-corrected chi connectivity index (χ3v) is 9.63. The number of nitriles is 1. The highest BCUT2D eigenvalue weighted by molar-refractivity contribution is 7.13. The maximum atomic E-state index is 14.1. The number of aryl methyl sites for hydroxylation is 1. The number of carbonyl (C=O) groups is 2. The fourth-order valence-corrected chi connectivity index (χ4v) is 6.89. The molecule has 0 saturated carbocycles. The van der Waals surface area contributed by atoms with Gasteiger partial charge in [0.2, 0.25) is 0 Å². The normalized spacial score (nSPS) is 21.5. The van der Waals surface area contributed by atoms with Crippen molar-refractivity contribution in [3.05, 3.63) is 52.5 Å². The molecule has 2 amide bonds. The fourth-order valence-electron chi connectivity index (χ4n) is 6.14. The number of fused-ring (bicyclic) bond motifs is 3. The second-order valence-corrected chi connectivity index (χ2v) is 12.1. The number of hydrogen-bond donors (Lipinski definition) is 2.